The minimum atomic E-state index is -0.930. The summed E-state index contributed by atoms with van der Waals surface area (Å²) in [5.74, 6) is -0.314. The Bertz CT molecular complexity index is 307. The molecule has 1 saturated carbocycles. The standard InChI is InChI=1S/C13H24N2O3/c1-3-17-12(16)13(2,14)9-15-7-8-18-11-6-4-5-10(11)15/h10-11H,3-9,14H2,1-2H3. The Kier molecular flexibility index (Phi) is 4.25. The van der Waals surface area contributed by atoms with E-state index in [2.05, 4.69) is 4.90 Å². The van der Waals surface area contributed by atoms with Gasteiger partial charge in [0.05, 0.1) is 19.3 Å². The quantitative estimate of drug-likeness (QED) is 0.743. The molecule has 0 spiro atoms. The van der Waals surface area contributed by atoms with Crippen LogP contribution in [0, 0.1) is 0 Å². The highest BCUT2D eigenvalue weighted by atomic mass is 16.5. The average Bonchev–Trinajstić information content (AvgIpc) is 2.78. The molecular formula is C13H24N2O3. The van der Waals surface area contributed by atoms with Crippen LogP contribution in [0.1, 0.15) is 33.1 Å². The van der Waals surface area contributed by atoms with E-state index in [-0.39, 0.29) is 5.97 Å². The molecular weight excluding hydrogens is 232 g/mol. The maximum absolute atomic E-state index is 11.8. The molecule has 0 radical (unpaired) electrons. The van der Waals surface area contributed by atoms with Gasteiger partial charge in [-0.3, -0.25) is 9.69 Å². The number of ether oxygens (including phenoxy) is 2. The number of hydrogen-bond donors (Lipinski definition) is 1. The van der Waals surface area contributed by atoms with Crippen molar-refractivity contribution in [1.82, 2.24) is 4.90 Å². The molecule has 104 valence electrons. The summed E-state index contributed by atoms with van der Waals surface area (Å²) in [7, 11) is 0. The van der Waals surface area contributed by atoms with Crippen molar-refractivity contribution >= 4 is 5.97 Å². The second-order valence-electron chi connectivity index (χ2n) is 5.52. The largest absolute Gasteiger partial charge is 0.465 e. The summed E-state index contributed by atoms with van der Waals surface area (Å²) in [5.41, 5.74) is 5.17. The molecule has 3 unspecified atom stereocenters. The predicted octanol–water partition coefficient (Wildman–Crippen LogP) is 0.520. The van der Waals surface area contributed by atoms with Gasteiger partial charge in [0, 0.05) is 19.1 Å². The lowest BCUT2D eigenvalue weighted by Gasteiger charge is -2.40. The fourth-order valence-electron chi connectivity index (χ4n) is 2.98. The van der Waals surface area contributed by atoms with Gasteiger partial charge in [0.2, 0.25) is 0 Å². The van der Waals surface area contributed by atoms with Gasteiger partial charge in [-0.1, -0.05) is 0 Å². The second-order valence-corrected chi connectivity index (χ2v) is 5.52. The fraction of sp³-hybridized carbons (Fsp3) is 0.923. The summed E-state index contributed by atoms with van der Waals surface area (Å²) in [6, 6.07) is 0.427. The van der Waals surface area contributed by atoms with Crippen LogP contribution in [-0.2, 0) is 14.3 Å². The molecule has 5 nitrogen and oxygen atoms in total. The molecule has 0 aromatic rings. The van der Waals surface area contributed by atoms with Crippen molar-refractivity contribution in [3.8, 4) is 0 Å². The minimum Gasteiger partial charge on any atom is -0.465 e. The summed E-state index contributed by atoms with van der Waals surface area (Å²) in [6.07, 6.45) is 3.80. The van der Waals surface area contributed by atoms with Crippen LogP contribution in [0.4, 0.5) is 0 Å². The third kappa shape index (κ3) is 2.84. The molecule has 5 heteroatoms. The highest BCUT2D eigenvalue weighted by Gasteiger charge is 2.40. The molecule has 0 aromatic carbocycles. The van der Waals surface area contributed by atoms with E-state index in [0.29, 0.717) is 25.3 Å². The second kappa shape index (κ2) is 5.55. The van der Waals surface area contributed by atoms with Crippen LogP contribution in [0.5, 0.6) is 0 Å². The molecule has 1 aliphatic carbocycles. The van der Waals surface area contributed by atoms with Crippen molar-refractivity contribution < 1.29 is 14.3 Å². The number of rotatable bonds is 4. The number of carbonyl (C=O) groups is 1. The number of morpholine rings is 1. The van der Waals surface area contributed by atoms with Crippen LogP contribution < -0.4 is 5.73 Å². The first-order valence-electron chi connectivity index (χ1n) is 6.86. The first kappa shape index (κ1) is 13.8. The van der Waals surface area contributed by atoms with E-state index in [0.717, 1.165) is 26.0 Å². The molecule has 1 aliphatic heterocycles. The molecule has 2 aliphatic rings. The highest BCUT2D eigenvalue weighted by molar-refractivity contribution is 5.80. The van der Waals surface area contributed by atoms with Gasteiger partial charge in [-0.25, -0.2) is 0 Å². The molecule has 0 bridgehead atoms. The molecule has 0 aromatic heterocycles. The Labute approximate surface area is 109 Å². The molecule has 1 saturated heterocycles. The van der Waals surface area contributed by atoms with Gasteiger partial charge in [-0.15, -0.1) is 0 Å². The first-order chi connectivity index (χ1) is 8.54. The first-order valence-corrected chi connectivity index (χ1v) is 6.86. The van der Waals surface area contributed by atoms with Gasteiger partial charge in [0.25, 0.3) is 0 Å². The molecule has 2 fully saturated rings. The van der Waals surface area contributed by atoms with Crippen molar-refractivity contribution in [1.29, 1.82) is 0 Å². The SMILES string of the molecule is CCOC(=O)C(C)(N)CN1CCOC2CCCC21. The molecule has 18 heavy (non-hydrogen) atoms. The van der Waals surface area contributed by atoms with Crippen molar-refractivity contribution in [2.24, 2.45) is 5.73 Å². The smallest absolute Gasteiger partial charge is 0.327 e. The van der Waals surface area contributed by atoms with E-state index in [1.54, 1.807) is 13.8 Å². The van der Waals surface area contributed by atoms with Gasteiger partial charge in [0.1, 0.15) is 5.54 Å². The van der Waals surface area contributed by atoms with E-state index in [4.69, 9.17) is 15.2 Å². The van der Waals surface area contributed by atoms with Gasteiger partial charge < -0.3 is 15.2 Å². The Hall–Kier alpha value is -0.650. The summed E-state index contributed by atoms with van der Waals surface area (Å²) in [6.45, 7) is 6.07. The summed E-state index contributed by atoms with van der Waals surface area (Å²) in [5, 5.41) is 0. The maximum Gasteiger partial charge on any atom is 0.327 e. The van der Waals surface area contributed by atoms with Gasteiger partial charge in [-0.05, 0) is 33.1 Å². The van der Waals surface area contributed by atoms with E-state index in [1.807, 2.05) is 0 Å². The van der Waals surface area contributed by atoms with Gasteiger partial charge in [0.15, 0.2) is 0 Å². The zero-order chi connectivity index (χ0) is 13.2. The van der Waals surface area contributed by atoms with Crippen LogP contribution in [0.3, 0.4) is 0 Å². The Morgan fingerprint density at radius 1 is 1.56 bits per heavy atom. The molecule has 0 amide bonds. The normalized spacial score (nSPS) is 31.7. The van der Waals surface area contributed by atoms with Crippen LogP contribution >= 0.6 is 0 Å². The lowest BCUT2D eigenvalue weighted by Crippen LogP contribution is -2.59. The lowest BCUT2D eigenvalue weighted by atomic mass is 10.0. The van der Waals surface area contributed by atoms with E-state index >= 15 is 0 Å². The summed E-state index contributed by atoms with van der Waals surface area (Å²) in [4.78, 5) is 14.1. The maximum atomic E-state index is 11.8. The van der Waals surface area contributed by atoms with Crippen molar-refractivity contribution in [2.45, 2.75) is 50.8 Å². The third-order valence-electron chi connectivity index (χ3n) is 3.87. The predicted molar refractivity (Wildman–Crippen MR) is 68.2 cm³/mol. The fourth-order valence-corrected chi connectivity index (χ4v) is 2.98. The van der Waals surface area contributed by atoms with Crippen LogP contribution in [0.2, 0.25) is 0 Å². The number of hydrogen-bond acceptors (Lipinski definition) is 5. The van der Waals surface area contributed by atoms with E-state index in [1.165, 1.54) is 6.42 Å². The van der Waals surface area contributed by atoms with Crippen LogP contribution in [0.25, 0.3) is 0 Å². The molecule has 2 rings (SSSR count). The number of fused-ring (bicyclic) bond motifs is 1. The number of carbonyl (C=O) groups excluding carboxylic acids is 1. The van der Waals surface area contributed by atoms with E-state index in [9.17, 15) is 4.79 Å². The number of nitrogens with two attached hydrogens (primary N) is 1. The Morgan fingerprint density at radius 3 is 3.06 bits per heavy atom. The molecule has 3 atom stereocenters. The molecule has 1 heterocycles. The average molecular weight is 256 g/mol. The minimum absolute atomic E-state index is 0.314. The van der Waals surface area contributed by atoms with E-state index < -0.39 is 5.54 Å². The van der Waals surface area contributed by atoms with Crippen molar-refractivity contribution in [3.63, 3.8) is 0 Å². The summed E-state index contributed by atoms with van der Waals surface area (Å²) >= 11 is 0. The molecule has 2 N–H and O–H groups in total. The third-order valence-corrected chi connectivity index (χ3v) is 3.87. The monoisotopic (exact) mass is 256 g/mol. The van der Waals surface area contributed by atoms with Gasteiger partial charge in [-0.2, -0.15) is 0 Å². The Balaban J connectivity index is 1.97. The summed E-state index contributed by atoms with van der Waals surface area (Å²) < 4.78 is 10.8. The zero-order valence-corrected chi connectivity index (χ0v) is 11.4. The van der Waals surface area contributed by atoms with Crippen molar-refractivity contribution in [2.75, 3.05) is 26.3 Å². The van der Waals surface area contributed by atoms with Crippen LogP contribution in [0.15, 0.2) is 0 Å². The van der Waals surface area contributed by atoms with Crippen molar-refractivity contribution in [3.05, 3.63) is 0 Å². The van der Waals surface area contributed by atoms with Gasteiger partial charge >= 0.3 is 5.97 Å². The zero-order valence-electron chi connectivity index (χ0n) is 11.4. The number of esters is 1. The lowest BCUT2D eigenvalue weighted by molar-refractivity contribution is -0.151. The van der Waals surface area contributed by atoms with Crippen LogP contribution in [-0.4, -0.2) is 54.9 Å². The number of nitrogens with zero attached hydrogens (tertiary/aromatic N) is 1. The Morgan fingerprint density at radius 2 is 2.33 bits per heavy atom. The highest BCUT2D eigenvalue weighted by Crippen LogP contribution is 2.30. The topological polar surface area (TPSA) is 64.8 Å².